The van der Waals surface area contributed by atoms with Crippen LogP contribution >= 0.6 is 0 Å². The number of rotatable bonds is 12. The SMILES string of the molecule is CCCCc1nc(C)c([C@H](OC(C)(C)C)C(=O)O)c(N2CCC(C)(C)CC2)c1-c1ccc(OCCc2ccc(F)cc2)cc1. The maximum absolute atomic E-state index is 13.3. The van der Waals surface area contributed by atoms with Gasteiger partial charge >= 0.3 is 5.97 Å². The van der Waals surface area contributed by atoms with Gasteiger partial charge in [0, 0.05) is 36.3 Å². The average molecular weight is 605 g/mol. The molecular formula is C37H49FN2O4. The van der Waals surface area contributed by atoms with E-state index >= 15 is 0 Å². The number of hydrogen-bond donors (Lipinski definition) is 1. The van der Waals surface area contributed by atoms with Crippen molar-refractivity contribution in [3.8, 4) is 16.9 Å². The van der Waals surface area contributed by atoms with Gasteiger partial charge in [0.15, 0.2) is 6.10 Å². The number of hydrogen-bond acceptors (Lipinski definition) is 5. The second-order valence-corrected chi connectivity index (χ2v) is 13.7. The Bertz CT molecular complexity index is 1400. The number of piperidine rings is 1. The van der Waals surface area contributed by atoms with Crippen LogP contribution in [0.1, 0.15) is 95.8 Å². The summed E-state index contributed by atoms with van der Waals surface area (Å²) in [4.78, 5) is 20.3. The summed E-state index contributed by atoms with van der Waals surface area (Å²) in [5.41, 5.74) is 5.81. The van der Waals surface area contributed by atoms with Crippen molar-refractivity contribution < 1.29 is 23.8 Å². The van der Waals surface area contributed by atoms with E-state index in [-0.39, 0.29) is 11.2 Å². The number of unbranched alkanes of at least 4 members (excludes halogenated alkanes) is 1. The van der Waals surface area contributed by atoms with Gasteiger partial charge < -0.3 is 19.5 Å². The van der Waals surface area contributed by atoms with Gasteiger partial charge in [0.05, 0.1) is 23.6 Å². The Morgan fingerprint density at radius 1 is 1.05 bits per heavy atom. The molecule has 238 valence electrons. The van der Waals surface area contributed by atoms with Gasteiger partial charge in [-0.25, -0.2) is 9.18 Å². The number of carboxylic acid groups (broad SMARTS) is 1. The average Bonchev–Trinajstić information content (AvgIpc) is 2.96. The fraction of sp³-hybridized carbons (Fsp3) is 0.514. The normalized spacial score (nSPS) is 15.7. The van der Waals surface area contributed by atoms with E-state index in [2.05, 4.69) is 37.8 Å². The number of benzene rings is 2. The number of aliphatic carboxylic acids is 1. The molecule has 0 saturated carbocycles. The molecule has 2 aromatic carbocycles. The topological polar surface area (TPSA) is 71.9 Å². The summed E-state index contributed by atoms with van der Waals surface area (Å²) < 4.78 is 25.6. The molecule has 2 heterocycles. The van der Waals surface area contributed by atoms with Crippen LogP contribution < -0.4 is 9.64 Å². The number of nitrogens with zero attached hydrogens (tertiary/aromatic N) is 2. The molecule has 0 radical (unpaired) electrons. The zero-order valence-electron chi connectivity index (χ0n) is 27.5. The number of carboxylic acids is 1. The summed E-state index contributed by atoms with van der Waals surface area (Å²) in [6.07, 6.45) is 4.35. The smallest absolute Gasteiger partial charge is 0.337 e. The zero-order chi connectivity index (χ0) is 32.1. The quantitative estimate of drug-likeness (QED) is 0.223. The predicted octanol–water partition coefficient (Wildman–Crippen LogP) is 8.73. The van der Waals surface area contributed by atoms with E-state index in [0.717, 1.165) is 79.0 Å². The second kappa shape index (κ2) is 14.1. The van der Waals surface area contributed by atoms with Crippen molar-refractivity contribution in [1.29, 1.82) is 0 Å². The lowest BCUT2D eigenvalue weighted by Crippen LogP contribution is -2.39. The van der Waals surface area contributed by atoms with Crippen LogP contribution in [-0.4, -0.2) is 41.4 Å². The van der Waals surface area contributed by atoms with E-state index in [0.29, 0.717) is 24.3 Å². The van der Waals surface area contributed by atoms with Crippen LogP contribution in [0.3, 0.4) is 0 Å². The van der Waals surface area contributed by atoms with E-state index in [4.69, 9.17) is 14.5 Å². The predicted molar refractivity (Wildman–Crippen MR) is 175 cm³/mol. The minimum Gasteiger partial charge on any atom is -0.493 e. The fourth-order valence-corrected chi connectivity index (χ4v) is 5.81. The van der Waals surface area contributed by atoms with Gasteiger partial charge in [-0.15, -0.1) is 0 Å². The number of carbonyl (C=O) groups is 1. The molecule has 1 aliphatic heterocycles. The lowest BCUT2D eigenvalue weighted by molar-refractivity contribution is -0.160. The van der Waals surface area contributed by atoms with Crippen LogP contribution in [0.25, 0.3) is 11.1 Å². The molecule has 0 unspecified atom stereocenters. The Balaban J connectivity index is 1.79. The first kappa shape index (κ1) is 33.4. The standard InChI is InChI=1S/C37H49FN2O4/c1-8-9-10-30-32(27-13-17-29(18-14-27)43-24-19-26-11-15-28(38)16-12-26)33(40-22-20-37(6,7)21-23-40)31(25(2)39-30)34(35(41)42)44-36(3,4)5/h11-18,34H,8-10,19-24H2,1-7H3,(H,41,42)/t34-/m0/s1. The van der Waals surface area contributed by atoms with Crippen LogP contribution in [0.15, 0.2) is 48.5 Å². The second-order valence-electron chi connectivity index (χ2n) is 13.7. The minimum atomic E-state index is -1.15. The molecule has 1 aromatic heterocycles. The third-order valence-electron chi connectivity index (χ3n) is 8.35. The van der Waals surface area contributed by atoms with Gasteiger partial charge in [-0.05, 0) is 94.2 Å². The summed E-state index contributed by atoms with van der Waals surface area (Å²) in [5, 5.41) is 10.5. The molecule has 3 aromatic rings. The van der Waals surface area contributed by atoms with E-state index < -0.39 is 17.7 Å². The molecule has 1 aliphatic rings. The van der Waals surface area contributed by atoms with Gasteiger partial charge in [-0.3, -0.25) is 4.98 Å². The summed E-state index contributed by atoms with van der Waals surface area (Å²) in [6, 6.07) is 14.5. The molecular weight excluding hydrogens is 555 g/mol. The molecule has 1 atom stereocenters. The van der Waals surface area contributed by atoms with Crippen LogP contribution in [0.5, 0.6) is 5.75 Å². The molecule has 6 nitrogen and oxygen atoms in total. The first-order valence-corrected chi connectivity index (χ1v) is 15.9. The fourth-order valence-electron chi connectivity index (χ4n) is 5.81. The Kier molecular flexibility index (Phi) is 10.7. The van der Waals surface area contributed by atoms with E-state index in [1.165, 1.54) is 12.1 Å². The van der Waals surface area contributed by atoms with E-state index in [1.54, 1.807) is 12.1 Å². The highest BCUT2D eigenvalue weighted by atomic mass is 19.1. The van der Waals surface area contributed by atoms with Crippen molar-refractivity contribution in [2.75, 3.05) is 24.6 Å². The van der Waals surface area contributed by atoms with Gasteiger partial charge in [0.1, 0.15) is 11.6 Å². The number of ether oxygens (including phenoxy) is 2. The van der Waals surface area contributed by atoms with Crippen molar-refractivity contribution in [2.24, 2.45) is 5.41 Å². The van der Waals surface area contributed by atoms with Crippen molar-refractivity contribution in [3.63, 3.8) is 0 Å². The third-order valence-corrected chi connectivity index (χ3v) is 8.35. The molecule has 0 amide bonds. The molecule has 0 spiro atoms. The highest BCUT2D eigenvalue weighted by Gasteiger charge is 2.36. The summed E-state index contributed by atoms with van der Waals surface area (Å²) >= 11 is 0. The lowest BCUT2D eigenvalue weighted by Gasteiger charge is -2.41. The van der Waals surface area contributed by atoms with Gasteiger partial charge in [-0.1, -0.05) is 51.5 Å². The summed E-state index contributed by atoms with van der Waals surface area (Å²) in [5.74, 6) is -0.516. The highest BCUT2D eigenvalue weighted by Crippen LogP contribution is 2.45. The molecule has 1 saturated heterocycles. The molecule has 4 rings (SSSR count). The lowest BCUT2D eigenvalue weighted by atomic mass is 9.81. The number of halogens is 1. The maximum atomic E-state index is 13.3. The highest BCUT2D eigenvalue weighted by molar-refractivity contribution is 5.88. The molecule has 1 fully saturated rings. The van der Waals surface area contributed by atoms with Crippen molar-refractivity contribution in [2.45, 2.75) is 98.7 Å². The van der Waals surface area contributed by atoms with Crippen molar-refractivity contribution >= 4 is 11.7 Å². The van der Waals surface area contributed by atoms with E-state index in [9.17, 15) is 14.3 Å². The van der Waals surface area contributed by atoms with Crippen molar-refractivity contribution in [1.82, 2.24) is 4.98 Å². The molecule has 44 heavy (non-hydrogen) atoms. The van der Waals surface area contributed by atoms with Crippen LogP contribution in [0.4, 0.5) is 10.1 Å². The van der Waals surface area contributed by atoms with Gasteiger partial charge in [0.2, 0.25) is 0 Å². The largest absolute Gasteiger partial charge is 0.493 e. The monoisotopic (exact) mass is 604 g/mol. The molecule has 7 heteroatoms. The van der Waals surface area contributed by atoms with Gasteiger partial charge in [0.25, 0.3) is 0 Å². The van der Waals surface area contributed by atoms with Crippen LogP contribution in [0, 0.1) is 18.2 Å². The molecule has 0 bridgehead atoms. The summed E-state index contributed by atoms with van der Waals surface area (Å²) in [6.45, 7) is 16.5. The van der Waals surface area contributed by atoms with E-state index in [1.807, 2.05) is 39.8 Å². The Labute approximate surface area is 262 Å². The number of anilines is 1. The van der Waals surface area contributed by atoms with Crippen LogP contribution in [0.2, 0.25) is 0 Å². The first-order valence-electron chi connectivity index (χ1n) is 15.9. The molecule has 1 N–H and O–H groups in total. The van der Waals surface area contributed by atoms with Gasteiger partial charge in [-0.2, -0.15) is 0 Å². The first-order chi connectivity index (χ1) is 20.8. The maximum Gasteiger partial charge on any atom is 0.337 e. The minimum absolute atomic E-state index is 0.227. The third kappa shape index (κ3) is 8.59. The number of aryl methyl sites for hydroxylation is 2. The van der Waals surface area contributed by atoms with Crippen molar-refractivity contribution in [3.05, 3.63) is 76.9 Å². The summed E-state index contributed by atoms with van der Waals surface area (Å²) in [7, 11) is 0. The molecule has 0 aliphatic carbocycles. The number of pyridine rings is 1. The Morgan fingerprint density at radius 3 is 2.25 bits per heavy atom. The Morgan fingerprint density at radius 2 is 1.68 bits per heavy atom. The number of aromatic nitrogens is 1. The Hall–Kier alpha value is -3.45. The van der Waals surface area contributed by atoms with Crippen LogP contribution in [-0.2, 0) is 22.4 Å². The zero-order valence-corrected chi connectivity index (χ0v) is 27.5.